The molecule has 2 rings (SSSR count). The van der Waals surface area contributed by atoms with E-state index in [1.54, 1.807) is 4.52 Å². The van der Waals surface area contributed by atoms with Crippen LogP contribution >= 0.6 is 0 Å². The number of carbonyl (C=O) groups excluding carboxylic acids is 1. The van der Waals surface area contributed by atoms with Gasteiger partial charge >= 0.3 is 0 Å². The molecule has 0 aliphatic heterocycles. The molecular formula is C10H11N3O. The first-order chi connectivity index (χ1) is 6.85. The van der Waals surface area contributed by atoms with Crippen molar-refractivity contribution in [2.24, 2.45) is 0 Å². The number of nitrogens with zero attached hydrogens (tertiary/aromatic N) is 3. The third-order valence-electron chi connectivity index (χ3n) is 2.09. The highest BCUT2D eigenvalue weighted by atomic mass is 16.1. The summed E-state index contributed by atoms with van der Waals surface area (Å²) in [5.74, 6) is 0. The molecule has 0 saturated carbocycles. The quantitative estimate of drug-likeness (QED) is 0.687. The summed E-state index contributed by atoms with van der Waals surface area (Å²) in [4.78, 5) is 15.0. The standard InChI is InChI=1S/C10H11N3O/c1-2-3-9-4-5-13-10(12-9)8(7-14)6-11-13/h4-7H,2-3H2,1H3. The summed E-state index contributed by atoms with van der Waals surface area (Å²) in [5.41, 5.74) is 2.19. The zero-order valence-corrected chi connectivity index (χ0v) is 7.97. The first kappa shape index (κ1) is 8.87. The molecule has 4 heteroatoms. The normalized spacial score (nSPS) is 10.6. The van der Waals surface area contributed by atoms with E-state index in [2.05, 4.69) is 17.0 Å². The maximum Gasteiger partial charge on any atom is 0.165 e. The van der Waals surface area contributed by atoms with E-state index < -0.39 is 0 Å². The molecule has 0 aromatic carbocycles. The Labute approximate surface area is 81.6 Å². The summed E-state index contributed by atoms with van der Waals surface area (Å²) in [6.07, 6.45) is 6.13. The lowest BCUT2D eigenvalue weighted by atomic mass is 10.2. The van der Waals surface area contributed by atoms with Gasteiger partial charge in [-0.3, -0.25) is 4.79 Å². The van der Waals surface area contributed by atoms with Crippen LogP contribution < -0.4 is 0 Å². The zero-order valence-electron chi connectivity index (χ0n) is 7.97. The van der Waals surface area contributed by atoms with Crippen molar-refractivity contribution < 1.29 is 4.79 Å². The molecular weight excluding hydrogens is 178 g/mol. The molecule has 4 nitrogen and oxygen atoms in total. The van der Waals surface area contributed by atoms with E-state index in [4.69, 9.17) is 0 Å². The van der Waals surface area contributed by atoms with Crippen molar-refractivity contribution in [3.05, 3.63) is 29.7 Å². The molecule has 0 saturated heterocycles. The van der Waals surface area contributed by atoms with Crippen molar-refractivity contribution in [2.45, 2.75) is 19.8 Å². The van der Waals surface area contributed by atoms with E-state index in [1.807, 2.05) is 12.3 Å². The summed E-state index contributed by atoms with van der Waals surface area (Å²) in [6.45, 7) is 2.10. The Balaban J connectivity index is 2.55. The molecule has 0 amide bonds. The zero-order chi connectivity index (χ0) is 9.97. The summed E-state index contributed by atoms with van der Waals surface area (Å²) >= 11 is 0. The van der Waals surface area contributed by atoms with Crippen molar-refractivity contribution in [1.82, 2.24) is 14.6 Å². The molecule has 2 aromatic rings. The fourth-order valence-corrected chi connectivity index (χ4v) is 1.40. The minimum Gasteiger partial charge on any atom is -0.298 e. The van der Waals surface area contributed by atoms with E-state index in [0.717, 1.165) is 24.8 Å². The van der Waals surface area contributed by atoms with Crippen LogP contribution in [0.3, 0.4) is 0 Å². The molecule has 2 aromatic heterocycles. The van der Waals surface area contributed by atoms with Gasteiger partial charge in [0.15, 0.2) is 11.9 Å². The smallest absolute Gasteiger partial charge is 0.165 e. The lowest BCUT2D eigenvalue weighted by Crippen LogP contribution is -1.95. The second kappa shape index (κ2) is 3.57. The van der Waals surface area contributed by atoms with E-state index in [0.29, 0.717) is 11.2 Å². The highest BCUT2D eigenvalue weighted by molar-refractivity contribution is 5.83. The summed E-state index contributed by atoms with van der Waals surface area (Å²) in [5, 5.41) is 4.01. The number of rotatable bonds is 3. The Kier molecular flexibility index (Phi) is 2.26. The second-order valence-corrected chi connectivity index (χ2v) is 3.15. The number of aryl methyl sites for hydroxylation is 1. The van der Waals surface area contributed by atoms with Crippen LogP contribution in [0.4, 0.5) is 0 Å². The van der Waals surface area contributed by atoms with Gasteiger partial charge in [0.25, 0.3) is 0 Å². The van der Waals surface area contributed by atoms with Crippen LogP contribution in [0.25, 0.3) is 5.65 Å². The third kappa shape index (κ3) is 1.39. The molecule has 0 fully saturated rings. The molecule has 0 bridgehead atoms. The van der Waals surface area contributed by atoms with Crippen molar-refractivity contribution in [3.63, 3.8) is 0 Å². The highest BCUT2D eigenvalue weighted by Crippen LogP contribution is 2.07. The van der Waals surface area contributed by atoms with Crippen molar-refractivity contribution >= 4 is 11.9 Å². The highest BCUT2D eigenvalue weighted by Gasteiger charge is 2.04. The molecule has 72 valence electrons. The fraction of sp³-hybridized carbons (Fsp3) is 0.300. The second-order valence-electron chi connectivity index (χ2n) is 3.15. The average molecular weight is 189 g/mol. The van der Waals surface area contributed by atoms with Crippen LogP contribution in [0.1, 0.15) is 29.4 Å². The predicted molar refractivity (Wildman–Crippen MR) is 52.4 cm³/mol. The lowest BCUT2D eigenvalue weighted by Gasteiger charge is -1.98. The molecule has 14 heavy (non-hydrogen) atoms. The van der Waals surface area contributed by atoms with Gasteiger partial charge in [-0.2, -0.15) is 5.10 Å². The van der Waals surface area contributed by atoms with Crippen molar-refractivity contribution in [2.75, 3.05) is 0 Å². The van der Waals surface area contributed by atoms with Crippen molar-refractivity contribution in [3.8, 4) is 0 Å². The number of aromatic nitrogens is 3. The van der Waals surface area contributed by atoms with Gasteiger partial charge in [-0.15, -0.1) is 0 Å². The van der Waals surface area contributed by atoms with Gasteiger partial charge in [0.2, 0.25) is 0 Å². The van der Waals surface area contributed by atoms with Crippen LogP contribution in [-0.2, 0) is 6.42 Å². The van der Waals surface area contributed by atoms with E-state index >= 15 is 0 Å². The lowest BCUT2D eigenvalue weighted by molar-refractivity contribution is 0.112. The Hall–Kier alpha value is -1.71. The van der Waals surface area contributed by atoms with Crippen LogP contribution in [-0.4, -0.2) is 20.9 Å². The first-order valence-corrected chi connectivity index (χ1v) is 4.63. The third-order valence-corrected chi connectivity index (χ3v) is 2.09. The number of carbonyl (C=O) groups is 1. The molecule has 0 aliphatic rings. The van der Waals surface area contributed by atoms with Gasteiger partial charge in [-0.1, -0.05) is 13.3 Å². The Morgan fingerprint density at radius 1 is 1.57 bits per heavy atom. The Bertz CT molecular complexity index is 461. The maximum atomic E-state index is 10.7. The van der Waals surface area contributed by atoms with Crippen LogP contribution in [0.2, 0.25) is 0 Å². The first-order valence-electron chi connectivity index (χ1n) is 4.63. The van der Waals surface area contributed by atoms with Gasteiger partial charge in [-0.25, -0.2) is 9.50 Å². The number of aldehydes is 1. The van der Waals surface area contributed by atoms with Crippen LogP contribution in [0.15, 0.2) is 18.5 Å². The predicted octanol–water partition coefficient (Wildman–Crippen LogP) is 1.49. The SMILES string of the molecule is CCCc1ccn2ncc(C=O)c2n1. The van der Waals surface area contributed by atoms with E-state index in [9.17, 15) is 4.79 Å². The number of hydrogen-bond acceptors (Lipinski definition) is 3. The number of hydrogen-bond donors (Lipinski definition) is 0. The van der Waals surface area contributed by atoms with E-state index in [-0.39, 0.29) is 0 Å². The summed E-state index contributed by atoms with van der Waals surface area (Å²) in [7, 11) is 0. The fourth-order valence-electron chi connectivity index (χ4n) is 1.40. The number of fused-ring (bicyclic) bond motifs is 1. The van der Waals surface area contributed by atoms with Gasteiger partial charge in [-0.05, 0) is 12.5 Å². The largest absolute Gasteiger partial charge is 0.298 e. The van der Waals surface area contributed by atoms with Crippen LogP contribution in [0, 0.1) is 0 Å². The molecule has 0 atom stereocenters. The minimum absolute atomic E-state index is 0.544. The van der Waals surface area contributed by atoms with Gasteiger partial charge in [0.05, 0.1) is 11.8 Å². The van der Waals surface area contributed by atoms with E-state index in [1.165, 1.54) is 6.20 Å². The monoisotopic (exact) mass is 189 g/mol. The Morgan fingerprint density at radius 3 is 3.14 bits per heavy atom. The van der Waals surface area contributed by atoms with Crippen LogP contribution in [0.5, 0.6) is 0 Å². The molecule has 0 aliphatic carbocycles. The molecule has 2 heterocycles. The van der Waals surface area contributed by atoms with Gasteiger partial charge < -0.3 is 0 Å². The topological polar surface area (TPSA) is 47.3 Å². The molecule has 0 spiro atoms. The average Bonchev–Trinajstić information content (AvgIpc) is 2.60. The Morgan fingerprint density at radius 2 is 2.43 bits per heavy atom. The maximum absolute atomic E-state index is 10.7. The summed E-state index contributed by atoms with van der Waals surface area (Å²) in [6, 6.07) is 1.93. The minimum atomic E-state index is 0.544. The molecule has 0 unspecified atom stereocenters. The van der Waals surface area contributed by atoms with Gasteiger partial charge in [0, 0.05) is 11.9 Å². The van der Waals surface area contributed by atoms with Crippen molar-refractivity contribution in [1.29, 1.82) is 0 Å². The summed E-state index contributed by atoms with van der Waals surface area (Å²) < 4.78 is 1.61. The van der Waals surface area contributed by atoms with Gasteiger partial charge in [0.1, 0.15) is 0 Å². The molecule has 0 radical (unpaired) electrons. The molecule has 0 N–H and O–H groups in total.